The molecule has 2 unspecified atom stereocenters. The van der Waals surface area contributed by atoms with Crippen molar-refractivity contribution < 1.29 is 9.60 Å². The largest absolute Gasteiger partial charge is 0.600 e. The maximum Gasteiger partial charge on any atom is 0.202 e. The van der Waals surface area contributed by atoms with Gasteiger partial charge < -0.3 is 9.94 Å². The molecular formula is C12H14N2O2. The molecular weight excluding hydrogens is 204 g/mol. The molecule has 4 heteroatoms. The number of ether oxygens (including phenoxy) is 1. The van der Waals surface area contributed by atoms with E-state index < -0.39 is 0 Å². The molecule has 0 aromatic carbocycles. The van der Waals surface area contributed by atoms with Crippen LogP contribution in [-0.2, 0) is 4.74 Å². The maximum absolute atomic E-state index is 11.9. The van der Waals surface area contributed by atoms with E-state index in [-0.39, 0.29) is 22.9 Å². The Balaban J connectivity index is 1.99. The highest BCUT2D eigenvalue weighted by molar-refractivity contribution is 5.34. The van der Waals surface area contributed by atoms with Crippen molar-refractivity contribution in [3.8, 4) is 0 Å². The first-order valence-electron chi connectivity index (χ1n) is 5.90. The Hall–Kier alpha value is -1.16. The van der Waals surface area contributed by atoms with Gasteiger partial charge in [-0.15, -0.1) is 0 Å². The second-order valence-corrected chi connectivity index (χ2v) is 5.32. The fourth-order valence-corrected chi connectivity index (χ4v) is 4.07. The minimum absolute atomic E-state index is 0.0267. The number of hydrogen-bond acceptors (Lipinski definition) is 3. The molecule has 0 radical (unpaired) electrons. The van der Waals surface area contributed by atoms with Gasteiger partial charge in [0.1, 0.15) is 6.04 Å². The molecule has 4 nitrogen and oxygen atoms in total. The summed E-state index contributed by atoms with van der Waals surface area (Å²) in [7, 11) is 0. The summed E-state index contributed by atoms with van der Waals surface area (Å²) in [4.78, 5) is 0.949. The molecule has 84 valence electrons. The van der Waals surface area contributed by atoms with Crippen LogP contribution in [0.15, 0.2) is 29.4 Å². The first-order chi connectivity index (χ1) is 7.79. The monoisotopic (exact) mass is 218 g/mol. The standard InChI is InChI=1S/C12H14N2O2/c15-14-10-4-3-9(13-14)11-5-1-2-6-12(10,11)8-16-7-11/h1-2,5-6,9-10H,3-4,7-8H2/t9?,10-,11?,12+/m0/s1. The molecule has 3 aliphatic heterocycles. The summed E-state index contributed by atoms with van der Waals surface area (Å²) in [5, 5.41) is 16.2. The lowest BCUT2D eigenvalue weighted by molar-refractivity contribution is -0.612. The van der Waals surface area contributed by atoms with Crippen molar-refractivity contribution in [2.75, 3.05) is 13.2 Å². The molecule has 1 saturated heterocycles. The highest BCUT2D eigenvalue weighted by Gasteiger charge is 2.70. The predicted molar refractivity (Wildman–Crippen MR) is 56.8 cm³/mol. The summed E-state index contributed by atoms with van der Waals surface area (Å²) in [5.41, 5.74) is -0.153. The minimum Gasteiger partial charge on any atom is -0.600 e. The van der Waals surface area contributed by atoms with E-state index in [2.05, 4.69) is 29.4 Å². The third kappa shape index (κ3) is 0.725. The van der Waals surface area contributed by atoms with Crippen molar-refractivity contribution in [2.24, 2.45) is 15.9 Å². The fraction of sp³-hybridized carbons (Fsp3) is 0.667. The van der Waals surface area contributed by atoms with E-state index in [0.717, 1.165) is 17.7 Å². The number of azo groups is 1. The smallest absolute Gasteiger partial charge is 0.202 e. The molecule has 5 rings (SSSR count). The summed E-state index contributed by atoms with van der Waals surface area (Å²) in [6, 6.07) is 0.0832. The molecule has 0 aromatic heterocycles. The summed E-state index contributed by atoms with van der Waals surface area (Å²) in [6.07, 6.45) is 10.5. The first kappa shape index (κ1) is 8.93. The van der Waals surface area contributed by atoms with Crippen LogP contribution >= 0.6 is 0 Å². The molecule has 16 heavy (non-hydrogen) atoms. The fourth-order valence-electron chi connectivity index (χ4n) is 4.07. The zero-order valence-corrected chi connectivity index (χ0v) is 9.00. The van der Waals surface area contributed by atoms with Crippen LogP contribution in [0.2, 0.25) is 0 Å². The molecule has 0 N–H and O–H groups in total. The van der Waals surface area contributed by atoms with Gasteiger partial charge in [0, 0.05) is 6.42 Å². The van der Waals surface area contributed by atoms with Gasteiger partial charge in [-0.3, -0.25) is 0 Å². The van der Waals surface area contributed by atoms with Crippen molar-refractivity contribution in [3.05, 3.63) is 29.5 Å². The van der Waals surface area contributed by atoms with E-state index in [9.17, 15) is 5.21 Å². The van der Waals surface area contributed by atoms with Crippen LogP contribution in [-0.4, -0.2) is 30.2 Å². The highest BCUT2D eigenvalue weighted by Crippen LogP contribution is 2.61. The van der Waals surface area contributed by atoms with Crippen LogP contribution in [0.4, 0.5) is 0 Å². The number of fused-ring (bicyclic) bond motifs is 1. The Labute approximate surface area is 93.9 Å². The van der Waals surface area contributed by atoms with E-state index in [4.69, 9.17) is 4.74 Å². The van der Waals surface area contributed by atoms with Gasteiger partial charge in [0.05, 0.1) is 24.0 Å². The molecule has 1 saturated carbocycles. The number of rotatable bonds is 0. The van der Waals surface area contributed by atoms with Crippen LogP contribution in [0.1, 0.15) is 12.8 Å². The Morgan fingerprint density at radius 3 is 2.75 bits per heavy atom. The number of allylic oxidation sites excluding steroid dienone is 2. The molecule has 0 spiro atoms. The van der Waals surface area contributed by atoms with Crippen LogP contribution in [0.5, 0.6) is 0 Å². The molecule has 5 aliphatic rings. The molecule has 0 amide bonds. The quantitative estimate of drug-likeness (QED) is 0.458. The average molecular weight is 218 g/mol. The number of hydroxylamine groups is 1. The maximum atomic E-state index is 11.9. The van der Waals surface area contributed by atoms with Crippen molar-refractivity contribution >= 4 is 0 Å². The minimum atomic E-state index is -0.117. The molecule has 2 bridgehead atoms. The van der Waals surface area contributed by atoms with E-state index in [1.165, 1.54) is 0 Å². The summed E-state index contributed by atoms with van der Waals surface area (Å²) in [6.45, 7) is 1.38. The number of hydrogen-bond donors (Lipinski definition) is 0. The Morgan fingerprint density at radius 2 is 1.94 bits per heavy atom. The predicted octanol–water partition coefficient (Wildman–Crippen LogP) is 1.62. The van der Waals surface area contributed by atoms with E-state index in [0.29, 0.717) is 13.2 Å². The van der Waals surface area contributed by atoms with Crippen molar-refractivity contribution in [3.63, 3.8) is 0 Å². The second-order valence-electron chi connectivity index (χ2n) is 5.32. The van der Waals surface area contributed by atoms with E-state index in [1.54, 1.807) is 0 Å². The van der Waals surface area contributed by atoms with Gasteiger partial charge in [-0.25, -0.2) is 0 Å². The third-order valence-electron chi connectivity index (χ3n) is 4.87. The van der Waals surface area contributed by atoms with Crippen molar-refractivity contribution in [1.82, 2.24) is 0 Å². The lowest BCUT2D eigenvalue weighted by Gasteiger charge is -2.52. The van der Waals surface area contributed by atoms with Crippen LogP contribution < -0.4 is 0 Å². The summed E-state index contributed by atoms with van der Waals surface area (Å²) < 4.78 is 5.72. The topological polar surface area (TPSA) is 47.7 Å². The molecule has 0 aromatic rings. The third-order valence-corrected chi connectivity index (χ3v) is 4.87. The van der Waals surface area contributed by atoms with Crippen molar-refractivity contribution in [1.29, 1.82) is 0 Å². The normalized spacial score (nSPS) is 52.4. The van der Waals surface area contributed by atoms with Gasteiger partial charge in [-0.05, 0) is 11.5 Å². The summed E-state index contributed by atoms with van der Waals surface area (Å²) in [5.74, 6) is 0. The average Bonchev–Trinajstić information content (AvgIpc) is 2.71. The SMILES string of the molecule is [O-][N+]1=NC2CC[C@H]1[C@]13C=CC=CC21COC3. The Bertz CT molecular complexity index is 442. The molecule has 2 aliphatic carbocycles. The Kier molecular flexibility index (Phi) is 1.43. The van der Waals surface area contributed by atoms with Gasteiger partial charge in [0.25, 0.3) is 0 Å². The molecule has 2 fully saturated rings. The van der Waals surface area contributed by atoms with Gasteiger partial charge in [0.15, 0.2) is 0 Å². The lowest BCUT2D eigenvalue weighted by Crippen LogP contribution is -2.63. The van der Waals surface area contributed by atoms with Crippen LogP contribution in [0.3, 0.4) is 0 Å². The second kappa shape index (κ2) is 2.56. The highest BCUT2D eigenvalue weighted by atomic mass is 16.5. The molecule has 3 heterocycles. The van der Waals surface area contributed by atoms with Gasteiger partial charge in [0.2, 0.25) is 6.04 Å². The van der Waals surface area contributed by atoms with Crippen molar-refractivity contribution in [2.45, 2.75) is 24.9 Å². The van der Waals surface area contributed by atoms with E-state index >= 15 is 0 Å². The van der Waals surface area contributed by atoms with Gasteiger partial charge >= 0.3 is 0 Å². The number of nitrogens with zero attached hydrogens (tertiary/aromatic N) is 2. The van der Waals surface area contributed by atoms with Gasteiger partial charge in [-0.1, -0.05) is 29.2 Å². The zero-order chi connectivity index (χ0) is 10.8. The first-order valence-corrected chi connectivity index (χ1v) is 5.90. The zero-order valence-electron chi connectivity index (χ0n) is 9.00. The Morgan fingerprint density at radius 1 is 1.19 bits per heavy atom. The van der Waals surface area contributed by atoms with Gasteiger partial charge in [-0.2, -0.15) is 0 Å². The van der Waals surface area contributed by atoms with Crippen LogP contribution in [0, 0.1) is 16.0 Å². The van der Waals surface area contributed by atoms with E-state index in [1.807, 2.05) is 0 Å². The summed E-state index contributed by atoms with van der Waals surface area (Å²) >= 11 is 0. The molecule has 4 atom stereocenters. The lowest BCUT2D eigenvalue weighted by atomic mass is 9.51. The van der Waals surface area contributed by atoms with Crippen LogP contribution in [0.25, 0.3) is 0 Å².